The standard InChI is InChI=1S/C30H37N5O4/c1-39-26-17-33(30(38)32-28(26)36)27-29(37)35(25-11-3-2-10-24(25)31-27)23-15-20-8-5-9-21(16-23)34(20)22-13-18-6-4-7-19(12-18)14-22/h2-3,10-11,17-23H,4-9,12-16H2,1H3,(H,32,36,38)/t18-,19+,20-,21+,22?,23?. The first-order valence-electron chi connectivity index (χ1n) is 14.7. The van der Waals surface area contributed by atoms with Gasteiger partial charge in [0.15, 0.2) is 0 Å². The van der Waals surface area contributed by atoms with Gasteiger partial charge in [-0.2, -0.15) is 0 Å². The second kappa shape index (κ2) is 9.77. The molecule has 6 atom stereocenters. The van der Waals surface area contributed by atoms with Gasteiger partial charge in [0.25, 0.3) is 11.1 Å². The van der Waals surface area contributed by atoms with Crippen molar-refractivity contribution in [3.05, 3.63) is 61.7 Å². The minimum Gasteiger partial charge on any atom is -0.490 e. The Morgan fingerprint density at radius 2 is 1.54 bits per heavy atom. The number of rotatable bonds is 4. The average Bonchev–Trinajstić information content (AvgIpc) is 2.92. The van der Waals surface area contributed by atoms with Crippen LogP contribution in [-0.4, -0.2) is 49.2 Å². The lowest BCUT2D eigenvalue weighted by molar-refractivity contribution is -0.0485. The zero-order valence-corrected chi connectivity index (χ0v) is 22.6. The number of H-pyrrole nitrogens is 1. The van der Waals surface area contributed by atoms with Crippen LogP contribution in [-0.2, 0) is 0 Å². The number of piperidine rings is 2. The minimum absolute atomic E-state index is 0.0130. The number of methoxy groups -OCH3 is 1. The summed E-state index contributed by atoms with van der Waals surface area (Å²) < 4.78 is 8.14. The van der Waals surface area contributed by atoms with Crippen LogP contribution in [0.1, 0.15) is 76.7 Å². The number of para-hydroxylation sites is 2. The number of benzene rings is 1. The van der Waals surface area contributed by atoms with Gasteiger partial charge in [-0.05, 0) is 68.9 Å². The van der Waals surface area contributed by atoms with Crippen LogP contribution in [0, 0.1) is 11.8 Å². The maximum atomic E-state index is 14.1. The Morgan fingerprint density at radius 1 is 0.846 bits per heavy atom. The van der Waals surface area contributed by atoms with E-state index in [4.69, 9.17) is 4.74 Å². The second-order valence-corrected chi connectivity index (χ2v) is 12.3. The second-order valence-electron chi connectivity index (χ2n) is 12.3. The molecule has 4 aliphatic rings. The first-order valence-corrected chi connectivity index (χ1v) is 14.7. The summed E-state index contributed by atoms with van der Waals surface area (Å²) >= 11 is 0. The van der Waals surface area contributed by atoms with E-state index in [0.29, 0.717) is 23.6 Å². The topological polar surface area (TPSA) is 102 Å². The van der Waals surface area contributed by atoms with E-state index in [2.05, 4.69) is 14.9 Å². The van der Waals surface area contributed by atoms with E-state index in [1.807, 2.05) is 28.8 Å². The molecule has 206 valence electrons. The minimum atomic E-state index is -0.707. The highest BCUT2D eigenvalue weighted by atomic mass is 16.5. The van der Waals surface area contributed by atoms with Crippen molar-refractivity contribution in [2.24, 2.45) is 11.8 Å². The van der Waals surface area contributed by atoms with E-state index in [1.54, 1.807) is 0 Å². The van der Waals surface area contributed by atoms with Crippen molar-refractivity contribution in [2.75, 3.05) is 7.11 Å². The van der Waals surface area contributed by atoms with Gasteiger partial charge < -0.3 is 9.30 Å². The van der Waals surface area contributed by atoms with Crippen LogP contribution in [0.25, 0.3) is 16.9 Å². The lowest BCUT2D eigenvalue weighted by Crippen LogP contribution is -2.58. The molecule has 3 aromatic rings. The van der Waals surface area contributed by atoms with Crippen molar-refractivity contribution in [2.45, 2.75) is 94.8 Å². The molecule has 1 aromatic carbocycles. The van der Waals surface area contributed by atoms with Gasteiger partial charge in [0.2, 0.25) is 11.6 Å². The van der Waals surface area contributed by atoms with Crippen LogP contribution < -0.4 is 21.5 Å². The summed E-state index contributed by atoms with van der Waals surface area (Å²) in [6, 6.07) is 9.31. The summed E-state index contributed by atoms with van der Waals surface area (Å²) in [7, 11) is 1.36. The third-order valence-corrected chi connectivity index (χ3v) is 10.0. The van der Waals surface area contributed by atoms with Gasteiger partial charge in [-0.25, -0.2) is 14.3 Å². The molecule has 9 nitrogen and oxygen atoms in total. The third kappa shape index (κ3) is 4.26. The quantitative estimate of drug-likeness (QED) is 0.550. The number of fused-ring (bicyclic) bond motifs is 5. The molecule has 4 fully saturated rings. The normalized spacial score (nSPS) is 30.8. The van der Waals surface area contributed by atoms with Crippen molar-refractivity contribution >= 4 is 11.0 Å². The molecule has 4 bridgehead atoms. The van der Waals surface area contributed by atoms with Gasteiger partial charge >= 0.3 is 5.69 Å². The molecule has 0 spiro atoms. The Labute approximate surface area is 226 Å². The van der Waals surface area contributed by atoms with Gasteiger partial charge in [0, 0.05) is 24.2 Å². The Bertz CT molecular complexity index is 1550. The molecular weight excluding hydrogens is 494 g/mol. The number of nitrogens with one attached hydrogen (secondary N) is 1. The summed E-state index contributed by atoms with van der Waals surface area (Å²) in [6.07, 6.45) is 15.0. The highest BCUT2D eigenvalue weighted by Gasteiger charge is 2.45. The molecule has 2 unspecified atom stereocenters. The van der Waals surface area contributed by atoms with Crippen LogP contribution in [0.5, 0.6) is 5.75 Å². The van der Waals surface area contributed by atoms with Crippen molar-refractivity contribution in [1.82, 2.24) is 24.0 Å². The first-order chi connectivity index (χ1) is 19.0. The van der Waals surface area contributed by atoms with Crippen LogP contribution in [0.2, 0.25) is 0 Å². The van der Waals surface area contributed by atoms with E-state index in [9.17, 15) is 14.4 Å². The van der Waals surface area contributed by atoms with Crippen LogP contribution in [0.4, 0.5) is 0 Å². The van der Waals surface area contributed by atoms with Gasteiger partial charge in [0.1, 0.15) is 0 Å². The Morgan fingerprint density at radius 3 is 2.26 bits per heavy atom. The molecular formula is C30H37N5O4. The molecule has 2 saturated heterocycles. The maximum Gasteiger partial charge on any atom is 0.334 e. The molecule has 39 heavy (non-hydrogen) atoms. The maximum absolute atomic E-state index is 14.1. The Hall–Kier alpha value is -3.20. The lowest BCUT2D eigenvalue weighted by Gasteiger charge is -2.55. The smallest absolute Gasteiger partial charge is 0.334 e. The largest absolute Gasteiger partial charge is 0.490 e. The molecule has 4 heterocycles. The van der Waals surface area contributed by atoms with E-state index in [1.165, 1.54) is 71.1 Å². The Kier molecular flexibility index (Phi) is 6.21. The fraction of sp³-hybridized carbons (Fsp3) is 0.600. The molecule has 2 aliphatic carbocycles. The molecule has 7 rings (SSSR count). The zero-order valence-electron chi connectivity index (χ0n) is 22.6. The molecule has 2 aliphatic heterocycles. The lowest BCUT2D eigenvalue weighted by atomic mass is 9.68. The number of ether oxygens (including phenoxy) is 1. The number of aromatic amines is 1. The predicted octanol–water partition coefficient (Wildman–Crippen LogP) is 3.77. The fourth-order valence-electron chi connectivity index (χ4n) is 8.55. The summed E-state index contributed by atoms with van der Waals surface area (Å²) in [5, 5.41) is 0. The molecule has 9 heteroatoms. The summed E-state index contributed by atoms with van der Waals surface area (Å²) in [6.45, 7) is 0. The number of hydrogen-bond acceptors (Lipinski definition) is 6. The van der Waals surface area contributed by atoms with Gasteiger partial charge in [0.05, 0.1) is 24.3 Å². The molecule has 0 radical (unpaired) electrons. The van der Waals surface area contributed by atoms with E-state index in [-0.39, 0.29) is 23.2 Å². The molecule has 0 amide bonds. The van der Waals surface area contributed by atoms with Crippen molar-refractivity contribution in [3.8, 4) is 11.6 Å². The predicted molar refractivity (Wildman–Crippen MR) is 149 cm³/mol. The monoisotopic (exact) mass is 531 g/mol. The van der Waals surface area contributed by atoms with Crippen LogP contribution in [0.3, 0.4) is 0 Å². The van der Waals surface area contributed by atoms with E-state index in [0.717, 1.165) is 34.8 Å². The van der Waals surface area contributed by atoms with Gasteiger partial charge in [-0.15, -0.1) is 0 Å². The third-order valence-electron chi connectivity index (χ3n) is 10.0. The fourth-order valence-corrected chi connectivity index (χ4v) is 8.55. The number of hydrogen-bond donors (Lipinski definition) is 1. The highest BCUT2D eigenvalue weighted by Crippen LogP contribution is 2.47. The SMILES string of the molecule is COc1cn(-c2nc3ccccc3n(C3C[C@H]4CCC[C@@H](C3)N4C3C[C@H]4CCC[C@@H](C3)C4)c2=O)c(=O)[nH]c1=O. The summed E-state index contributed by atoms with van der Waals surface area (Å²) in [5.74, 6) is 1.72. The zero-order chi connectivity index (χ0) is 26.7. The van der Waals surface area contributed by atoms with E-state index >= 15 is 0 Å². The highest BCUT2D eigenvalue weighted by molar-refractivity contribution is 5.75. The molecule has 2 saturated carbocycles. The van der Waals surface area contributed by atoms with Gasteiger partial charge in [-0.1, -0.05) is 37.8 Å². The number of aromatic nitrogens is 4. The number of nitrogens with zero attached hydrogens (tertiary/aromatic N) is 4. The first kappa shape index (κ1) is 24.8. The molecule has 1 N–H and O–H groups in total. The summed E-state index contributed by atoms with van der Waals surface area (Å²) in [4.78, 5) is 48.8. The Balaban J connectivity index is 1.29. The van der Waals surface area contributed by atoms with E-state index < -0.39 is 11.2 Å². The average molecular weight is 532 g/mol. The van der Waals surface area contributed by atoms with Crippen LogP contribution >= 0.6 is 0 Å². The molecule has 2 aromatic heterocycles. The van der Waals surface area contributed by atoms with Gasteiger partial charge in [-0.3, -0.25) is 19.5 Å². The summed E-state index contributed by atoms with van der Waals surface area (Å²) in [5.41, 5.74) is -0.210. The van der Waals surface area contributed by atoms with Crippen molar-refractivity contribution in [3.63, 3.8) is 0 Å². The van der Waals surface area contributed by atoms with Crippen molar-refractivity contribution in [1.29, 1.82) is 0 Å². The van der Waals surface area contributed by atoms with Crippen molar-refractivity contribution < 1.29 is 4.74 Å². The van der Waals surface area contributed by atoms with Crippen LogP contribution in [0.15, 0.2) is 44.8 Å².